The van der Waals surface area contributed by atoms with Gasteiger partial charge < -0.3 is 19.9 Å². The first-order valence-electron chi connectivity index (χ1n) is 13.2. The Bertz CT molecular complexity index is 1240. The first kappa shape index (κ1) is 26.5. The second-order valence-corrected chi connectivity index (χ2v) is 9.42. The van der Waals surface area contributed by atoms with Gasteiger partial charge in [0, 0.05) is 61.9 Å². The first-order valence-corrected chi connectivity index (χ1v) is 13.2. The maximum atomic E-state index is 12.5. The highest BCUT2D eigenvalue weighted by atomic mass is 16.5. The van der Waals surface area contributed by atoms with Crippen LogP contribution in [-0.2, 0) is 22.4 Å². The molecule has 1 atom stereocenters. The van der Waals surface area contributed by atoms with E-state index in [1.165, 1.54) is 35.3 Å². The maximum absolute atomic E-state index is 12.5. The van der Waals surface area contributed by atoms with Crippen LogP contribution in [0.4, 0.5) is 4.79 Å². The van der Waals surface area contributed by atoms with Gasteiger partial charge in [0.25, 0.3) is 0 Å². The smallest absolute Gasteiger partial charge is 0.330 e. The van der Waals surface area contributed by atoms with Crippen LogP contribution in [0.15, 0.2) is 54.7 Å². The largest absolute Gasteiger partial charge is 0.466 e. The number of esters is 1. The van der Waals surface area contributed by atoms with Gasteiger partial charge in [-0.2, -0.15) is 0 Å². The number of aromatic amines is 1. The fraction of sp³-hybridized carbons (Fsp3) is 0.400. The van der Waals surface area contributed by atoms with Gasteiger partial charge in [-0.05, 0) is 67.5 Å². The van der Waals surface area contributed by atoms with Gasteiger partial charge in [0.05, 0.1) is 7.11 Å². The minimum Gasteiger partial charge on any atom is -0.466 e. The number of hydrogen-bond donors (Lipinski definition) is 2. The third-order valence-corrected chi connectivity index (χ3v) is 7.34. The Hall–Kier alpha value is -3.58. The number of amides is 2. The summed E-state index contributed by atoms with van der Waals surface area (Å²) in [6.45, 7) is 7.70. The number of carbonyl (C=O) groups is 2. The normalized spacial score (nSPS) is 14.9. The predicted molar refractivity (Wildman–Crippen MR) is 148 cm³/mol. The van der Waals surface area contributed by atoms with E-state index in [4.69, 9.17) is 4.74 Å². The van der Waals surface area contributed by atoms with E-state index in [1.807, 2.05) is 18.7 Å². The van der Waals surface area contributed by atoms with Crippen LogP contribution in [0.5, 0.6) is 0 Å². The summed E-state index contributed by atoms with van der Waals surface area (Å²) in [5.41, 5.74) is 6.13. The molecule has 2 N–H and O–H groups in total. The molecule has 4 rings (SSSR count). The van der Waals surface area contributed by atoms with Gasteiger partial charge in [0.1, 0.15) is 0 Å². The van der Waals surface area contributed by atoms with E-state index >= 15 is 0 Å². The fourth-order valence-corrected chi connectivity index (χ4v) is 5.29. The summed E-state index contributed by atoms with van der Waals surface area (Å²) in [5, 5.41) is 4.38. The number of rotatable bonds is 11. The highest BCUT2D eigenvalue weighted by Gasteiger charge is 2.28. The maximum Gasteiger partial charge on any atom is 0.330 e. The Balaban J connectivity index is 1.49. The van der Waals surface area contributed by atoms with Gasteiger partial charge >= 0.3 is 12.0 Å². The topological polar surface area (TPSA) is 77.7 Å². The summed E-state index contributed by atoms with van der Waals surface area (Å²) in [7, 11) is 1.38. The van der Waals surface area contributed by atoms with Crippen molar-refractivity contribution in [2.75, 3.05) is 39.8 Å². The molecule has 0 saturated carbocycles. The lowest BCUT2D eigenvalue weighted by Crippen LogP contribution is -2.43. The number of urea groups is 1. The zero-order chi connectivity index (χ0) is 26.2. The van der Waals surface area contributed by atoms with Crippen LogP contribution in [0.3, 0.4) is 0 Å². The molecule has 37 heavy (non-hydrogen) atoms. The Morgan fingerprint density at radius 1 is 1.14 bits per heavy atom. The number of nitrogens with zero attached hydrogens (tertiary/aromatic N) is 2. The van der Waals surface area contributed by atoms with E-state index in [-0.39, 0.29) is 12.0 Å². The highest BCUT2D eigenvalue weighted by molar-refractivity contribution is 5.87. The molecule has 1 unspecified atom stereocenters. The van der Waals surface area contributed by atoms with Crippen molar-refractivity contribution in [3.8, 4) is 0 Å². The standard InChI is InChI=1S/C30H38N4O3/c1-4-33(5-2)30(36)31-17-19-34(18-16-24-21-32-27-9-7-6-8-25(24)27)28-14-12-23-20-22(10-13-26(23)28)11-15-29(35)37-3/h6-11,13,15,20-21,28,32H,4-5,12,14,16-19H2,1-3H3,(H,31,36)/b15-11+. The van der Waals surface area contributed by atoms with E-state index in [0.717, 1.165) is 43.4 Å². The van der Waals surface area contributed by atoms with Crippen molar-refractivity contribution < 1.29 is 14.3 Å². The molecular weight excluding hydrogens is 464 g/mol. The third-order valence-electron chi connectivity index (χ3n) is 7.34. The lowest BCUT2D eigenvalue weighted by Gasteiger charge is -2.30. The molecule has 1 aliphatic rings. The van der Waals surface area contributed by atoms with E-state index in [1.54, 1.807) is 6.08 Å². The van der Waals surface area contributed by atoms with Crippen molar-refractivity contribution in [1.82, 2.24) is 20.1 Å². The molecule has 7 nitrogen and oxygen atoms in total. The molecular formula is C30H38N4O3. The van der Waals surface area contributed by atoms with E-state index in [2.05, 4.69) is 63.9 Å². The van der Waals surface area contributed by atoms with Crippen LogP contribution in [0.1, 0.15) is 48.6 Å². The van der Waals surface area contributed by atoms with Crippen molar-refractivity contribution in [2.24, 2.45) is 0 Å². The second-order valence-electron chi connectivity index (χ2n) is 9.42. The van der Waals surface area contributed by atoms with Crippen LogP contribution < -0.4 is 5.32 Å². The number of ether oxygens (including phenoxy) is 1. The number of aromatic nitrogens is 1. The SMILES string of the molecule is CCN(CC)C(=O)NCCN(CCc1c[nH]c2ccccc12)C1CCc2cc(/C=C/C(=O)OC)ccc21. The van der Waals surface area contributed by atoms with Gasteiger partial charge in [0.2, 0.25) is 0 Å². The molecule has 2 aromatic carbocycles. The highest BCUT2D eigenvalue weighted by Crippen LogP contribution is 2.36. The van der Waals surface area contributed by atoms with Crippen molar-refractivity contribution >= 4 is 29.0 Å². The van der Waals surface area contributed by atoms with Gasteiger partial charge in [0.15, 0.2) is 0 Å². The Labute approximate surface area is 219 Å². The second kappa shape index (κ2) is 12.6. The molecule has 1 aromatic heterocycles. The number of benzene rings is 2. The molecule has 1 heterocycles. The van der Waals surface area contributed by atoms with Gasteiger partial charge in [-0.15, -0.1) is 0 Å². The lowest BCUT2D eigenvalue weighted by atomic mass is 10.0. The van der Waals surface area contributed by atoms with Crippen LogP contribution in [0.25, 0.3) is 17.0 Å². The minimum atomic E-state index is -0.353. The van der Waals surface area contributed by atoms with Crippen molar-refractivity contribution in [3.05, 3.63) is 77.0 Å². The number of H-pyrrole nitrogens is 1. The van der Waals surface area contributed by atoms with Crippen LogP contribution in [-0.4, -0.2) is 66.6 Å². The summed E-state index contributed by atoms with van der Waals surface area (Å²) in [6.07, 6.45) is 8.34. The van der Waals surface area contributed by atoms with E-state index in [0.29, 0.717) is 25.7 Å². The first-order chi connectivity index (χ1) is 18.0. The third kappa shape index (κ3) is 6.41. The number of para-hydroxylation sites is 1. The number of hydrogen-bond acceptors (Lipinski definition) is 4. The zero-order valence-electron chi connectivity index (χ0n) is 22.1. The molecule has 2 amide bonds. The molecule has 0 bridgehead atoms. The molecule has 0 radical (unpaired) electrons. The van der Waals surface area contributed by atoms with Crippen LogP contribution in [0.2, 0.25) is 0 Å². The average Bonchev–Trinajstić information content (AvgIpc) is 3.54. The van der Waals surface area contributed by atoms with Crippen molar-refractivity contribution in [1.29, 1.82) is 0 Å². The predicted octanol–water partition coefficient (Wildman–Crippen LogP) is 4.94. The summed E-state index contributed by atoms with van der Waals surface area (Å²) in [5.74, 6) is -0.353. The molecule has 1 aliphatic carbocycles. The fourth-order valence-electron chi connectivity index (χ4n) is 5.29. The summed E-state index contributed by atoms with van der Waals surface area (Å²) < 4.78 is 4.71. The number of methoxy groups -OCH3 is 1. The average molecular weight is 503 g/mol. The Morgan fingerprint density at radius 2 is 1.95 bits per heavy atom. The van der Waals surface area contributed by atoms with Crippen molar-refractivity contribution in [2.45, 2.75) is 39.2 Å². The summed E-state index contributed by atoms with van der Waals surface area (Å²) in [4.78, 5) is 31.7. The Kier molecular flexibility index (Phi) is 9.01. The number of carbonyl (C=O) groups excluding carboxylic acids is 2. The molecule has 7 heteroatoms. The molecule has 0 fully saturated rings. The molecule has 0 saturated heterocycles. The summed E-state index contributed by atoms with van der Waals surface area (Å²) >= 11 is 0. The van der Waals surface area contributed by atoms with Gasteiger partial charge in [-0.1, -0.05) is 36.4 Å². The lowest BCUT2D eigenvalue weighted by molar-refractivity contribution is -0.134. The molecule has 0 aliphatic heterocycles. The van der Waals surface area contributed by atoms with Gasteiger partial charge in [-0.3, -0.25) is 4.90 Å². The Morgan fingerprint density at radius 3 is 2.73 bits per heavy atom. The molecule has 0 spiro atoms. The molecule has 196 valence electrons. The number of aryl methyl sites for hydroxylation is 1. The van der Waals surface area contributed by atoms with E-state index in [9.17, 15) is 9.59 Å². The summed E-state index contributed by atoms with van der Waals surface area (Å²) in [6, 6.07) is 15.1. The van der Waals surface area contributed by atoms with E-state index < -0.39 is 0 Å². The number of fused-ring (bicyclic) bond motifs is 2. The zero-order valence-corrected chi connectivity index (χ0v) is 22.1. The minimum absolute atomic E-state index is 0.00423. The van der Waals surface area contributed by atoms with Crippen LogP contribution in [0, 0.1) is 0 Å². The molecule has 3 aromatic rings. The van der Waals surface area contributed by atoms with Crippen molar-refractivity contribution in [3.63, 3.8) is 0 Å². The number of nitrogens with one attached hydrogen (secondary N) is 2. The monoisotopic (exact) mass is 502 g/mol. The van der Waals surface area contributed by atoms with Crippen LogP contribution >= 0.6 is 0 Å². The van der Waals surface area contributed by atoms with Gasteiger partial charge in [-0.25, -0.2) is 9.59 Å². The quantitative estimate of drug-likeness (QED) is 0.288.